The highest BCUT2D eigenvalue weighted by Gasteiger charge is 2.24. The summed E-state index contributed by atoms with van der Waals surface area (Å²) >= 11 is 0. The number of benzene rings is 1. The maximum atomic E-state index is 13.2. The van der Waals surface area contributed by atoms with Crippen LogP contribution in [0.1, 0.15) is 51.4 Å². The van der Waals surface area contributed by atoms with Crippen molar-refractivity contribution in [2.45, 2.75) is 32.6 Å². The number of aryl methyl sites for hydroxylation is 1. The van der Waals surface area contributed by atoms with Crippen molar-refractivity contribution < 1.29 is 14.3 Å². The Kier molecular flexibility index (Phi) is 5.13. The van der Waals surface area contributed by atoms with E-state index in [4.69, 9.17) is 10.5 Å². The third kappa shape index (κ3) is 3.51. The van der Waals surface area contributed by atoms with E-state index < -0.39 is 5.91 Å². The fourth-order valence-electron chi connectivity index (χ4n) is 4.52. The number of piperidine rings is 1. The number of pyridine rings is 2. The Morgan fingerprint density at radius 1 is 1.19 bits per heavy atom. The van der Waals surface area contributed by atoms with Crippen LogP contribution in [0.3, 0.4) is 0 Å². The van der Waals surface area contributed by atoms with E-state index in [-0.39, 0.29) is 11.5 Å². The first-order chi connectivity index (χ1) is 15.5. The van der Waals surface area contributed by atoms with E-state index in [0.717, 1.165) is 55.8 Å². The van der Waals surface area contributed by atoms with Gasteiger partial charge >= 0.3 is 0 Å². The van der Waals surface area contributed by atoms with Crippen LogP contribution in [0, 0.1) is 6.92 Å². The van der Waals surface area contributed by atoms with Gasteiger partial charge in [-0.25, -0.2) is 4.98 Å². The van der Waals surface area contributed by atoms with Gasteiger partial charge in [-0.2, -0.15) is 0 Å². The van der Waals surface area contributed by atoms with Crippen molar-refractivity contribution >= 4 is 34.1 Å². The van der Waals surface area contributed by atoms with Gasteiger partial charge in [-0.1, -0.05) is 6.07 Å². The van der Waals surface area contributed by atoms with Crippen molar-refractivity contribution in [1.29, 1.82) is 0 Å². The van der Waals surface area contributed by atoms with Crippen molar-refractivity contribution in [3.63, 3.8) is 0 Å². The Balaban J connectivity index is 1.65. The lowest BCUT2D eigenvalue weighted by molar-refractivity contribution is 0.0718. The normalized spacial score (nSPS) is 15.3. The zero-order chi connectivity index (χ0) is 22.2. The van der Waals surface area contributed by atoms with Gasteiger partial charge < -0.3 is 20.7 Å². The third-order valence-corrected chi connectivity index (χ3v) is 6.16. The van der Waals surface area contributed by atoms with Crippen molar-refractivity contribution in [2.24, 2.45) is 5.73 Å². The first-order valence-corrected chi connectivity index (χ1v) is 10.9. The molecule has 2 amide bonds. The lowest BCUT2D eigenvalue weighted by Gasteiger charge is -2.26. The van der Waals surface area contributed by atoms with Crippen molar-refractivity contribution in [3.05, 3.63) is 53.0 Å². The second-order valence-corrected chi connectivity index (χ2v) is 8.26. The summed E-state index contributed by atoms with van der Waals surface area (Å²) in [5, 5.41) is 4.04. The van der Waals surface area contributed by atoms with Crippen LogP contribution in [-0.4, -0.2) is 46.4 Å². The van der Waals surface area contributed by atoms with E-state index in [2.05, 4.69) is 15.3 Å². The molecule has 0 bridgehead atoms. The molecule has 0 aliphatic carbocycles. The monoisotopic (exact) mass is 431 g/mol. The number of fused-ring (bicyclic) bond motifs is 2. The lowest BCUT2D eigenvalue weighted by atomic mass is 10.0. The quantitative estimate of drug-likeness (QED) is 0.656. The molecule has 5 rings (SSSR count). The maximum absolute atomic E-state index is 13.2. The van der Waals surface area contributed by atoms with E-state index in [9.17, 15) is 9.59 Å². The molecule has 164 valence electrons. The summed E-state index contributed by atoms with van der Waals surface area (Å²) in [6, 6.07) is 7.49. The summed E-state index contributed by atoms with van der Waals surface area (Å²) in [5.41, 5.74) is 9.97. The zero-order valence-corrected chi connectivity index (χ0v) is 18.0. The Labute approximate surface area is 185 Å². The number of amides is 2. The molecule has 2 aliphatic heterocycles. The van der Waals surface area contributed by atoms with E-state index in [1.165, 1.54) is 6.20 Å². The fraction of sp³-hybridized carbons (Fsp3) is 0.333. The number of ether oxygens (including phenoxy) is 1. The van der Waals surface area contributed by atoms with Crippen molar-refractivity contribution in [2.75, 3.05) is 25.0 Å². The predicted molar refractivity (Wildman–Crippen MR) is 121 cm³/mol. The highest BCUT2D eigenvalue weighted by Crippen LogP contribution is 2.36. The number of carbonyl (C=O) groups is 2. The van der Waals surface area contributed by atoms with Crippen LogP contribution < -0.4 is 15.8 Å². The number of nitrogens with two attached hydrogens (primary N) is 1. The van der Waals surface area contributed by atoms with Crippen LogP contribution in [0.2, 0.25) is 0 Å². The van der Waals surface area contributed by atoms with E-state index in [1.807, 2.05) is 30.0 Å². The van der Waals surface area contributed by atoms with Crippen LogP contribution in [0.25, 0.3) is 10.9 Å². The van der Waals surface area contributed by atoms with Crippen LogP contribution in [-0.2, 0) is 6.42 Å². The van der Waals surface area contributed by atoms with Gasteiger partial charge in [-0.05, 0) is 44.4 Å². The molecule has 3 aromatic rings. The van der Waals surface area contributed by atoms with Gasteiger partial charge in [0.15, 0.2) is 0 Å². The van der Waals surface area contributed by atoms with Crippen molar-refractivity contribution in [3.8, 4) is 5.75 Å². The van der Waals surface area contributed by atoms with E-state index >= 15 is 0 Å². The molecule has 32 heavy (non-hydrogen) atoms. The zero-order valence-electron chi connectivity index (χ0n) is 18.0. The number of likely N-dealkylation sites (tertiary alicyclic amines) is 1. The Morgan fingerprint density at radius 3 is 2.78 bits per heavy atom. The average Bonchev–Trinajstić information content (AvgIpc) is 3.29. The van der Waals surface area contributed by atoms with Crippen LogP contribution in [0.15, 0.2) is 30.5 Å². The molecule has 1 fully saturated rings. The number of carbonyl (C=O) groups excluding carboxylic acids is 2. The molecule has 2 aromatic heterocycles. The summed E-state index contributed by atoms with van der Waals surface area (Å²) in [4.78, 5) is 36.2. The minimum absolute atomic E-state index is 0.0980. The van der Waals surface area contributed by atoms with Crippen LogP contribution >= 0.6 is 0 Å². The minimum atomic E-state index is -0.593. The standard InChI is InChI=1S/C24H25N5O3/c1-14-21-16(12-19(27-14)24(31)29-9-3-2-4-10-29)22(17(13-26-21)23(25)30)28-18-6-5-7-20-15(18)8-11-32-20/h5-7,12-13H,2-4,8-11H2,1H3,(H2,25,30)(H,26,28). The molecule has 0 spiro atoms. The molecule has 8 nitrogen and oxygen atoms in total. The average molecular weight is 431 g/mol. The molecule has 0 radical (unpaired) electrons. The molecule has 8 heteroatoms. The predicted octanol–water partition coefficient (Wildman–Crippen LogP) is 3.34. The van der Waals surface area contributed by atoms with Crippen molar-refractivity contribution in [1.82, 2.24) is 14.9 Å². The third-order valence-electron chi connectivity index (χ3n) is 6.16. The Bertz CT molecular complexity index is 1230. The highest BCUT2D eigenvalue weighted by molar-refractivity contribution is 6.09. The smallest absolute Gasteiger partial charge is 0.272 e. The Morgan fingerprint density at radius 2 is 2.00 bits per heavy atom. The summed E-state index contributed by atoms with van der Waals surface area (Å²) in [6.07, 6.45) is 5.37. The lowest BCUT2D eigenvalue weighted by Crippen LogP contribution is -2.36. The number of nitrogens with one attached hydrogen (secondary N) is 1. The molecule has 4 heterocycles. The number of hydrogen-bond donors (Lipinski definition) is 2. The first kappa shape index (κ1) is 20.2. The fourth-order valence-corrected chi connectivity index (χ4v) is 4.52. The first-order valence-electron chi connectivity index (χ1n) is 10.9. The molecule has 1 saturated heterocycles. The number of hydrogen-bond acceptors (Lipinski definition) is 6. The summed E-state index contributed by atoms with van der Waals surface area (Å²) in [7, 11) is 0. The number of anilines is 2. The van der Waals surface area contributed by atoms with Crippen LogP contribution in [0.4, 0.5) is 11.4 Å². The molecular formula is C24H25N5O3. The summed E-state index contributed by atoms with van der Waals surface area (Å²) in [5.74, 6) is 0.135. The largest absolute Gasteiger partial charge is 0.493 e. The second-order valence-electron chi connectivity index (χ2n) is 8.26. The van der Waals surface area contributed by atoms with Gasteiger partial charge in [0.2, 0.25) is 0 Å². The number of primary amides is 1. The number of rotatable bonds is 4. The molecular weight excluding hydrogens is 406 g/mol. The SMILES string of the molecule is Cc1nc(C(=O)N2CCCCC2)cc2c(Nc3cccc4c3CCO4)c(C(N)=O)cnc12. The number of aromatic nitrogens is 2. The molecule has 0 saturated carbocycles. The maximum Gasteiger partial charge on any atom is 0.272 e. The molecule has 3 N–H and O–H groups in total. The molecule has 0 unspecified atom stereocenters. The topological polar surface area (TPSA) is 110 Å². The number of nitrogens with zero attached hydrogens (tertiary/aromatic N) is 3. The van der Waals surface area contributed by atoms with Gasteiger partial charge in [0.05, 0.1) is 29.1 Å². The van der Waals surface area contributed by atoms with Gasteiger partial charge in [0, 0.05) is 42.3 Å². The molecule has 0 atom stereocenters. The van der Waals surface area contributed by atoms with E-state index in [0.29, 0.717) is 34.6 Å². The van der Waals surface area contributed by atoms with Gasteiger partial charge in [-0.15, -0.1) is 0 Å². The summed E-state index contributed by atoms with van der Waals surface area (Å²) < 4.78 is 5.67. The minimum Gasteiger partial charge on any atom is -0.493 e. The van der Waals surface area contributed by atoms with Gasteiger partial charge in [-0.3, -0.25) is 14.6 Å². The highest BCUT2D eigenvalue weighted by atomic mass is 16.5. The van der Waals surface area contributed by atoms with E-state index in [1.54, 1.807) is 6.07 Å². The van der Waals surface area contributed by atoms with Gasteiger partial charge in [0.1, 0.15) is 11.4 Å². The summed E-state index contributed by atoms with van der Waals surface area (Å²) in [6.45, 7) is 3.91. The van der Waals surface area contributed by atoms with Crippen LogP contribution in [0.5, 0.6) is 5.75 Å². The van der Waals surface area contributed by atoms with Gasteiger partial charge in [0.25, 0.3) is 11.8 Å². The molecule has 2 aliphatic rings. The molecule has 1 aromatic carbocycles. The second kappa shape index (κ2) is 8.11. The Hall–Kier alpha value is -3.68.